The third kappa shape index (κ3) is 12.0. The Hall–Kier alpha value is -2.95. The van der Waals surface area contributed by atoms with Gasteiger partial charge in [0.1, 0.15) is 10.7 Å². The summed E-state index contributed by atoms with van der Waals surface area (Å²) in [4.78, 5) is 65.7. The molecule has 0 aromatic carbocycles. The van der Waals surface area contributed by atoms with E-state index in [0.29, 0.717) is 37.1 Å². The average molecular weight is 786 g/mol. The van der Waals surface area contributed by atoms with Crippen LogP contribution in [0.4, 0.5) is 13.2 Å². The number of nitrogens with zero attached hydrogens (tertiary/aromatic N) is 4. The number of alkyl halides is 3. The predicted octanol–water partition coefficient (Wildman–Crippen LogP) is 6.44. The molecule has 1 aliphatic heterocycles. The van der Waals surface area contributed by atoms with Crippen molar-refractivity contribution in [2.24, 2.45) is 29.6 Å². The number of ether oxygens (including phenoxy) is 2. The van der Waals surface area contributed by atoms with Gasteiger partial charge in [-0.15, -0.1) is 22.7 Å². The summed E-state index contributed by atoms with van der Waals surface area (Å²) in [5, 5.41) is 6.10. The van der Waals surface area contributed by atoms with Crippen LogP contribution in [0.15, 0.2) is 10.8 Å². The quantitative estimate of drug-likeness (QED) is 0.170. The van der Waals surface area contributed by atoms with Crippen molar-refractivity contribution in [3.05, 3.63) is 32.2 Å². The van der Waals surface area contributed by atoms with Crippen LogP contribution in [0.1, 0.15) is 106 Å². The van der Waals surface area contributed by atoms with Crippen molar-refractivity contribution in [2.75, 3.05) is 33.9 Å². The highest BCUT2D eigenvalue weighted by molar-refractivity contribution is 7.10. The first-order valence-electron chi connectivity index (χ1n) is 18.4. The third-order valence-electron chi connectivity index (χ3n) is 10.3. The number of likely N-dealkylation sites (N-methyl/N-ethyl adjacent to an activating group) is 1. The first-order valence-corrected chi connectivity index (χ1v) is 20.1. The summed E-state index contributed by atoms with van der Waals surface area (Å²) < 4.78 is 50.8. The first-order chi connectivity index (χ1) is 24.8. The van der Waals surface area contributed by atoms with Crippen molar-refractivity contribution in [1.29, 1.82) is 0 Å². The van der Waals surface area contributed by atoms with E-state index in [1.807, 2.05) is 39.6 Å². The standard InChI is InChI=1S/C37H54F3N5O6S2/c1-20(2)13-25(14-33-43-32(19-52-33)37(38,39)40)41-34(48)27-18-53-35(42-27)31(51-23(6)46)16-28(21(3)4)45(8)36(49)26(22(5)24-9-10-24)15-30(47)29-17-50-12-11-44(29)7/h18-22,24-26,28-29,31H,9-17H2,1-8H3,(H,41,48)/t22-,25+,26-,28+,29+,31+/m0/s1. The summed E-state index contributed by atoms with van der Waals surface area (Å²) in [5.74, 6) is -1.22. The van der Waals surface area contributed by atoms with Crippen molar-refractivity contribution in [2.45, 2.75) is 110 Å². The molecule has 2 fully saturated rings. The molecule has 0 bridgehead atoms. The van der Waals surface area contributed by atoms with Crippen molar-refractivity contribution < 1.29 is 41.8 Å². The van der Waals surface area contributed by atoms with Gasteiger partial charge >= 0.3 is 12.1 Å². The largest absolute Gasteiger partial charge is 0.455 e. The molecule has 0 unspecified atom stereocenters. The van der Waals surface area contributed by atoms with Gasteiger partial charge in [-0.05, 0) is 50.0 Å². The molecule has 1 saturated heterocycles. The first kappa shape index (κ1) is 42.8. The lowest BCUT2D eigenvalue weighted by atomic mass is 9.82. The lowest BCUT2D eigenvalue weighted by molar-refractivity contribution is -0.150. The summed E-state index contributed by atoms with van der Waals surface area (Å²) in [6, 6.07) is -1.28. The van der Waals surface area contributed by atoms with E-state index < -0.39 is 53.9 Å². The number of halogens is 3. The molecule has 1 N–H and O–H groups in total. The zero-order valence-corrected chi connectivity index (χ0v) is 33.5. The molecule has 0 spiro atoms. The van der Waals surface area contributed by atoms with E-state index >= 15 is 0 Å². The van der Waals surface area contributed by atoms with Gasteiger partial charge in [0.25, 0.3) is 5.91 Å². The second kappa shape index (κ2) is 18.6. The molecule has 1 saturated carbocycles. The van der Waals surface area contributed by atoms with Gasteiger partial charge < -0.3 is 19.7 Å². The molecular formula is C37H54F3N5O6S2. The fourth-order valence-corrected chi connectivity index (χ4v) is 8.78. The molecular weight excluding hydrogens is 732 g/mol. The van der Waals surface area contributed by atoms with Crippen molar-refractivity contribution in [1.82, 2.24) is 25.1 Å². The van der Waals surface area contributed by atoms with Gasteiger partial charge in [-0.2, -0.15) is 13.2 Å². The second-order valence-electron chi connectivity index (χ2n) is 15.3. The molecule has 16 heteroatoms. The topological polar surface area (TPSA) is 131 Å². The fourth-order valence-electron chi connectivity index (χ4n) is 7.06. The van der Waals surface area contributed by atoms with Gasteiger partial charge in [0.2, 0.25) is 5.91 Å². The highest BCUT2D eigenvalue weighted by Gasteiger charge is 2.42. The zero-order chi connectivity index (χ0) is 39.2. The van der Waals surface area contributed by atoms with E-state index in [2.05, 4.69) is 22.2 Å². The van der Waals surface area contributed by atoms with E-state index in [1.54, 1.807) is 17.3 Å². The van der Waals surface area contributed by atoms with Gasteiger partial charge in [-0.1, -0.05) is 34.6 Å². The molecule has 0 radical (unpaired) electrons. The van der Waals surface area contributed by atoms with Gasteiger partial charge in [0.15, 0.2) is 17.6 Å². The predicted molar refractivity (Wildman–Crippen MR) is 196 cm³/mol. The molecule has 1 aliphatic carbocycles. The Balaban J connectivity index is 1.50. The molecule has 6 atom stereocenters. The molecule has 2 amide bonds. The number of thiazole rings is 2. The van der Waals surface area contributed by atoms with E-state index in [4.69, 9.17) is 9.47 Å². The second-order valence-corrected chi connectivity index (χ2v) is 17.2. The molecule has 2 aromatic rings. The Bertz CT molecular complexity index is 1560. The van der Waals surface area contributed by atoms with E-state index in [1.165, 1.54) is 6.92 Å². The maximum Gasteiger partial charge on any atom is 0.434 e. The van der Waals surface area contributed by atoms with Crippen LogP contribution in [0.25, 0.3) is 0 Å². The van der Waals surface area contributed by atoms with Crippen LogP contribution < -0.4 is 5.32 Å². The highest BCUT2D eigenvalue weighted by Crippen LogP contribution is 2.43. The number of morpholine rings is 1. The van der Waals surface area contributed by atoms with Crippen LogP contribution in [-0.4, -0.2) is 95.3 Å². The van der Waals surface area contributed by atoms with Gasteiger partial charge in [0.05, 0.1) is 24.3 Å². The lowest BCUT2D eigenvalue weighted by Crippen LogP contribution is -2.50. The summed E-state index contributed by atoms with van der Waals surface area (Å²) in [6.45, 7) is 12.7. The molecule has 53 heavy (non-hydrogen) atoms. The number of esters is 1. The van der Waals surface area contributed by atoms with Crippen molar-refractivity contribution in [3.63, 3.8) is 0 Å². The smallest absolute Gasteiger partial charge is 0.434 e. The number of Topliss-reactive ketones (excluding diaryl/α,β-unsaturated/α-hetero) is 1. The monoisotopic (exact) mass is 785 g/mol. The van der Waals surface area contributed by atoms with Gasteiger partial charge in [0, 0.05) is 68.5 Å². The van der Waals surface area contributed by atoms with Gasteiger partial charge in [-0.3, -0.25) is 24.1 Å². The maximum atomic E-state index is 14.4. The number of ketones is 1. The minimum absolute atomic E-state index is 0.00716. The fraction of sp³-hybridized carbons (Fsp3) is 0.730. The summed E-state index contributed by atoms with van der Waals surface area (Å²) in [7, 11) is 3.64. The summed E-state index contributed by atoms with van der Waals surface area (Å²) in [5.41, 5.74) is -0.867. The maximum absolute atomic E-state index is 14.4. The number of carbonyl (C=O) groups is 4. The molecule has 11 nitrogen and oxygen atoms in total. The number of carbonyl (C=O) groups excluding carboxylic acids is 4. The lowest BCUT2D eigenvalue weighted by Gasteiger charge is -2.38. The Kier molecular flexibility index (Phi) is 15.0. The minimum Gasteiger partial charge on any atom is -0.455 e. The minimum atomic E-state index is -4.55. The van der Waals surface area contributed by atoms with Crippen molar-refractivity contribution in [3.8, 4) is 0 Å². The Labute approximate surface area is 318 Å². The van der Waals surface area contributed by atoms with Gasteiger partial charge in [-0.25, -0.2) is 9.97 Å². The normalized spacial score (nSPS) is 19.8. The van der Waals surface area contributed by atoms with Crippen molar-refractivity contribution >= 4 is 46.2 Å². The summed E-state index contributed by atoms with van der Waals surface area (Å²) in [6.07, 6.45) is -2.38. The van der Waals surface area contributed by atoms with E-state index in [0.717, 1.165) is 40.9 Å². The zero-order valence-electron chi connectivity index (χ0n) is 31.9. The Morgan fingerprint density at radius 2 is 1.77 bits per heavy atom. The van der Waals surface area contributed by atoms with E-state index in [9.17, 15) is 32.3 Å². The Morgan fingerprint density at radius 3 is 2.34 bits per heavy atom. The van der Waals surface area contributed by atoms with Crippen LogP contribution in [0.2, 0.25) is 0 Å². The number of hydrogen-bond acceptors (Lipinski definition) is 11. The van der Waals surface area contributed by atoms with Crippen LogP contribution in [0.3, 0.4) is 0 Å². The molecule has 2 aliphatic rings. The molecule has 4 rings (SSSR count). The third-order valence-corrected chi connectivity index (χ3v) is 12.1. The number of aromatic nitrogens is 2. The van der Waals surface area contributed by atoms with Crippen LogP contribution in [0, 0.1) is 29.6 Å². The van der Waals surface area contributed by atoms with Crippen LogP contribution >= 0.6 is 22.7 Å². The number of nitrogens with one attached hydrogen (secondary N) is 1. The molecule has 2 aromatic heterocycles. The van der Waals surface area contributed by atoms with Crippen LogP contribution in [0.5, 0.6) is 0 Å². The number of amides is 2. The van der Waals surface area contributed by atoms with E-state index in [-0.39, 0.29) is 59.4 Å². The number of hydrogen-bond donors (Lipinski definition) is 1. The SMILES string of the molecule is CC(=O)O[C@H](C[C@H](C(C)C)N(C)C(=O)[C@@H](CC(=O)[C@H]1COCCN1C)[C@@H](C)C1CC1)c1nc(C(=O)N[C@@H](Cc2nc(C(F)(F)F)cs2)CC(C)C)cs1. The average Bonchev–Trinajstić information content (AvgIpc) is 3.59. The molecule has 3 heterocycles. The molecule has 296 valence electrons. The van der Waals surface area contributed by atoms with Crippen LogP contribution in [-0.2, 0) is 36.5 Å². The number of rotatable bonds is 18. The highest BCUT2D eigenvalue weighted by atomic mass is 32.1. The summed E-state index contributed by atoms with van der Waals surface area (Å²) >= 11 is 2.05. The Morgan fingerprint density at radius 1 is 1.08 bits per heavy atom.